The molecule has 0 radical (unpaired) electrons. The van der Waals surface area contributed by atoms with E-state index in [-0.39, 0.29) is 5.69 Å². The maximum Gasteiger partial charge on any atom is 0.201 e. The van der Waals surface area contributed by atoms with Crippen molar-refractivity contribution in [3.05, 3.63) is 82.2 Å². The topological polar surface area (TPSA) is 86.6 Å². The van der Waals surface area contributed by atoms with Gasteiger partial charge in [0, 0.05) is 5.69 Å². The fourth-order valence-electron chi connectivity index (χ4n) is 3.15. The van der Waals surface area contributed by atoms with Gasteiger partial charge in [-0.1, -0.05) is 18.2 Å². The molecule has 0 bridgehead atoms. The predicted octanol–water partition coefficient (Wildman–Crippen LogP) is 4.03. The number of carbonyl (C=O) groups excluding carboxylic acids is 2. The Bertz CT molecular complexity index is 1180. The van der Waals surface area contributed by atoms with Crippen LogP contribution in [0, 0.1) is 17.5 Å². The van der Waals surface area contributed by atoms with Gasteiger partial charge in [0.15, 0.2) is 17.5 Å². The fourth-order valence-corrected chi connectivity index (χ4v) is 3.15. The number of nitrogens with one attached hydrogen (secondary N) is 1. The van der Waals surface area contributed by atoms with Crippen molar-refractivity contribution < 1.29 is 33.0 Å². The van der Waals surface area contributed by atoms with Crippen LogP contribution < -0.4 is 5.32 Å². The number of para-hydroxylation sites is 1. The highest BCUT2D eigenvalue weighted by atomic mass is 19.2. The van der Waals surface area contributed by atoms with Crippen molar-refractivity contribution in [1.29, 1.82) is 0 Å². The van der Waals surface area contributed by atoms with Crippen LogP contribution in [0.2, 0.25) is 0 Å². The van der Waals surface area contributed by atoms with Crippen molar-refractivity contribution in [2.45, 2.75) is 0 Å². The van der Waals surface area contributed by atoms with Gasteiger partial charge in [0.1, 0.15) is 17.2 Å². The van der Waals surface area contributed by atoms with Crippen LogP contribution in [0.15, 0.2) is 42.5 Å². The minimum atomic E-state index is -1.73. The van der Waals surface area contributed by atoms with Gasteiger partial charge in [-0.05, 0) is 24.3 Å². The summed E-state index contributed by atoms with van der Waals surface area (Å²) in [7, 11) is 0. The number of hydrogen-bond donors (Lipinski definition) is 3. The molecule has 1 aliphatic rings. The van der Waals surface area contributed by atoms with Crippen LogP contribution in [0.25, 0.3) is 0 Å². The van der Waals surface area contributed by atoms with Gasteiger partial charge in [-0.2, -0.15) is 0 Å². The molecule has 140 valence electrons. The number of hydrogen-bond acceptors (Lipinski definition) is 5. The van der Waals surface area contributed by atoms with Crippen molar-refractivity contribution in [3.63, 3.8) is 0 Å². The van der Waals surface area contributed by atoms with E-state index in [9.17, 15) is 28.6 Å². The highest BCUT2D eigenvalue weighted by Crippen LogP contribution is 2.42. The Kier molecular flexibility index (Phi) is 3.85. The zero-order chi connectivity index (χ0) is 20.2. The lowest BCUT2D eigenvalue weighted by Gasteiger charge is -2.22. The maximum absolute atomic E-state index is 15.0. The SMILES string of the molecule is O=C1c2c(O)ccc(O)c2C(=O)c2c(F)c(Nc3ccccc3)c(F)c(F)c21. The van der Waals surface area contributed by atoms with E-state index in [1.807, 2.05) is 0 Å². The van der Waals surface area contributed by atoms with Gasteiger partial charge in [0.05, 0.1) is 22.3 Å². The first-order valence-electron chi connectivity index (χ1n) is 7.99. The van der Waals surface area contributed by atoms with E-state index < -0.39 is 68.5 Å². The lowest BCUT2D eigenvalue weighted by molar-refractivity contribution is 0.0966. The molecule has 0 amide bonds. The highest BCUT2D eigenvalue weighted by Gasteiger charge is 2.41. The van der Waals surface area contributed by atoms with Gasteiger partial charge in [0.25, 0.3) is 0 Å². The Morgan fingerprint density at radius 3 is 1.68 bits per heavy atom. The van der Waals surface area contributed by atoms with Crippen LogP contribution in [-0.4, -0.2) is 21.8 Å². The van der Waals surface area contributed by atoms with E-state index in [1.165, 1.54) is 12.1 Å². The minimum absolute atomic E-state index is 0.218. The summed E-state index contributed by atoms with van der Waals surface area (Å²) >= 11 is 0. The zero-order valence-electron chi connectivity index (χ0n) is 13.9. The second kappa shape index (κ2) is 6.12. The number of carbonyl (C=O) groups is 2. The molecule has 28 heavy (non-hydrogen) atoms. The molecule has 8 heteroatoms. The number of ketones is 2. The number of rotatable bonds is 2. The van der Waals surface area contributed by atoms with Crippen LogP contribution in [0.4, 0.5) is 24.5 Å². The van der Waals surface area contributed by atoms with Crippen molar-refractivity contribution in [2.75, 3.05) is 5.32 Å². The number of halogens is 3. The summed E-state index contributed by atoms with van der Waals surface area (Å²) in [4.78, 5) is 25.3. The van der Waals surface area contributed by atoms with Crippen molar-refractivity contribution >= 4 is 22.9 Å². The summed E-state index contributed by atoms with van der Waals surface area (Å²) < 4.78 is 44.3. The van der Waals surface area contributed by atoms with Gasteiger partial charge in [-0.15, -0.1) is 0 Å². The van der Waals surface area contributed by atoms with Crippen molar-refractivity contribution in [2.24, 2.45) is 0 Å². The number of benzene rings is 3. The molecular weight excluding hydrogens is 375 g/mol. The molecule has 5 nitrogen and oxygen atoms in total. The molecular formula is C20H10F3NO4. The molecule has 0 aliphatic heterocycles. The van der Waals surface area contributed by atoms with Crippen LogP contribution in [0.1, 0.15) is 31.8 Å². The normalized spacial score (nSPS) is 12.5. The lowest BCUT2D eigenvalue weighted by Crippen LogP contribution is -2.26. The van der Waals surface area contributed by atoms with Crippen LogP contribution in [-0.2, 0) is 0 Å². The number of aromatic hydroxyl groups is 2. The first-order valence-corrected chi connectivity index (χ1v) is 7.99. The molecule has 0 heterocycles. The summed E-state index contributed by atoms with van der Waals surface area (Å²) in [5.74, 6) is -8.87. The summed E-state index contributed by atoms with van der Waals surface area (Å²) in [5, 5.41) is 22.1. The van der Waals surface area contributed by atoms with Gasteiger partial charge in [0.2, 0.25) is 11.6 Å². The standard InChI is InChI=1S/C20H10F3NO4/c21-15-13-14(16(22)18(17(15)23)24-8-4-2-1-3-5-8)20(28)12-10(26)7-6-9(25)11(12)19(13)27/h1-7,24-26H. The maximum atomic E-state index is 15.0. The average molecular weight is 385 g/mol. The number of anilines is 2. The molecule has 0 atom stereocenters. The monoisotopic (exact) mass is 385 g/mol. The van der Waals surface area contributed by atoms with Gasteiger partial charge < -0.3 is 15.5 Å². The van der Waals surface area contributed by atoms with E-state index in [0.29, 0.717) is 0 Å². The Hall–Kier alpha value is -3.81. The molecule has 3 N–H and O–H groups in total. The fraction of sp³-hybridized carbons (Fsp3) is 0. The van der Waals surface area contributed by atoms with E-state index in [1.54, 1.807) is 18.2 Å². The molecule has 3 aromatic carbocycles. The van der Waals surface area contributed by atoms with Crippen LogP contribution >= 0.6 is 0 Å². The Labute approximate surface area is 155 Å². The van der Waals surface area contributed by atoms with Crippen molar-refractivity contribution in [1.82, 2.24) is 0 Å². The molecule has 0 spiro atoms. The molecule has 0 aromatic heterocycles. The largest absolute Gasteiger partial charge is 0.507 e. The third-order valence-electron chi connectivity index (χ3n) is 4.43. The lowest BCUT2D eigenvalue weighted by atomic mass is 9.82. The Morgan fingerprint density at radius 1 is 0.643 bits per heavy atom. The third-order valence-corrected chi connectivity index (χ3v) is 4.43. The highest BCUT2D eigenvalue weighted by molar-refractivity contribution is 6.30. The summed E-state index contributed by atoms with van der Waals surface area (Å²) in [6.07, 6.45) is 0. The summed E-state index contributed by atoms with van der Waals surface area (Å²) in [6.45, 7) is 0. The minimum Gasteiger partial charge on any atom is -0.507 e. The number of fused-ring (bicyclic) bond motifs is 2. The summed E-state index contributed by atoms with van der Waals surface area (Å²) in [6, 6.07) is 9.56. The second-order valence-corrected chi connectivity index (χ2v) is 6.07. The first kappa shape index (κ1) is 17.6. The number of phenols is 2. The molecule has 4 rings (SSSR count). The summed E-state index contributed by atoms with van der Waals surface area (Å²) in [5.41, 5.74) is -4.27. The molecule has 1 aliphatic carbocycles. The van der Waals surface area contributed by atoms with Crippen LogP contribution in [0.3, 0.4) is 0 Å². The van der Waals surface area contributed by atoms with Crippen LogP contribution in [0.5, 0.6) is 11.5 Å². The molecule has 0 saturated heterocycles. The molecule has 0 fully saturated rings. The first-order chi connectivity index (χ1) is 13.3. The smallest absolute Gasteiger partial charge is 0.201 e. The van der Waals surface area contributed by atoms with E-state index >= 15 is 4.39 Å². The average Bonchev–Trinajstić information content (AvgIpc) is 2.68. The quantitative estimate of drug-likeness (QED) is 0.358. The van der Waals surface area contributed by atoms with E-state index in [2.05, 4.69) is 5.32 Å². The van der Waals surface area contributed by atoms with Crippen molar-refractivity contribution in [3.8, 4) is 11.5 Å². The van der Waals surface area contributed by atoms with E-state index in [4.69, 9.17) is 0 Å². The number of phenolic OH excluding ortho intramolecular Hbond substituents is 2. The van der Waals surface area contributed by atoms with Gasteiger partial charge in [-0.3, -0.25) is 9.59 Å². The Balaban J connectivity index is 2.00. The predicted molar refractivity (Wildman–Crippen MR) is 92.7 cm³/mol. The molecule has 0 unspecified atom stereocenters. The molecule has 3 aromatic rings. The second-order valence-electron chi connectivity index (χ2n) is 6.07. The third kappa shape index (κ3) is 2.34. The van der Waals surface area contributed by atoms with Gasteiger partial charge >= 0.3 is 0 Å². The molecule has 0 saturated carbocycles. The van der Waals surface area contributed by atoms with E-state index in [0.717, 1.165) is 12.1 Å². The van der Waals surface area contributed by atoms with Gasteiger partial charge in [-0.25, -0.2) is 13.2 Å². The zero-order valence-corrected chi connectivity index (χ0v) is 13.9. The Morgan fingerprint density at radius 2 is 1.14 bits per heavy atom.